The van der Waals surface area contributed by atoms with E-state index in [-0.39, 0.29) is 17.3 Å². The molecule has 0 aromatic carbocycles. The van der Waals surface area contributed by atoms with Crippen molar-refractivity contribution >= 4 is 64.0 Å². The molecule has 0 atom stereocenters. The fourth-order valence-corrected chi connectivity index (χ4v) is 2.50. The minimum absolute atomic E-state index is 0.124. The van der Waals surface area contributed by atoms with Crippen LogP contribution in [0.15, 0.2) is 4.34 Å². The summed E-state index contributed by atoms with van der Waals surface area (Å²) in [7, 11) is 0. The third-order valence-electron chi connectivity index (χ3n) is 1.68. The Balaban J connectivity index is 2.98. The van der Waals surface area contributed by atoms with Gasteiger partial charge in [-0.2, -0.15) is 0 Å². The zero-order valence-electron chi connectivity index (χ0n) is 9.53. The van der Waals surface area contributed by atoms with Gasteiger partial charge in [0, 0.05) is 0 Å². The van der Waals surface area contributed by atoms with Crippen molar-refractivity contribution in [1.82, 2.24) is 4.98 Å². The van der Waals surface area contributed by atoms with E-state index < -0.39 is 16.7 Å². The first-order valence-electron chi connectivity index (χ1n) is 4.80. The number of esters is 1. The second kappa shape index (κ2) is 7.18. The lowest BCUT2D eigenvalue weighted by Crippen LogP contribution is -2.20. The fourth-order valence-electron chi connectivity index (χ4n) is 0.979. The first kappa shape index (κ1) is 15.6. The van der Waals surface area contributed by atoms with E-state index in [0.29, 0.717) is 4.34 Å². The molecule has 0 bridgehead atoms. The topological polar surface area (TPSA) is 68.3 Å². The van der Waals surface area contributed by atoms with Crippen molar-refractivity contribution in [2.45, 2.75) is 16.1 Å². The highest BCUT2D eigenvalue weighted by molar-refractivity contribution is 8.00. The summed E-state index contributed by atoms with van der Waals surface area (Å²) in [6, 6.07) is 0. The largest absolute Gasteiger partial charge is 0.462 e. The molecule has 0 radical (unpaired) electrons. The highest BCUT2D eigenvalue weighted by Crippen LogP contribution is 2.30. The maximum absolute atomic E-state index is 11.7. The Kier molecular flexibility index (Phi) is 6.20. The maximum Gasteiger partial charge on any atom is 0.352 e. The molecule has 0 saturated carbocycles. The zero-order valence-corrected chi connectivity index (χ0v) is 12.7. The predicted octanol–water partition coefficient (Wildman–Crippen LogP) is 2.78. The van der Waals surface area contributed by atoms with Gasteiger partial charge in [-0.05, 0) is 13.2 Å². The average molecular weight is 329 g/mol. The minimum Gasteiger partial charge on any atom is -0.462 e. The fraction of sp³-hybridized carbons (Fsp3) is 0.444. The molecule has 0 spiro atoms. The van der Waals surface area contributed by atoms with Gasteiger partial charge >= 0.3 is 5.97 Å². The van der Waals surface area contributed by atoms with E-state index in [2.05, 4.69) is 10.3 Å². The van der Waals surface area contributed by atoms with Crippen LogP contribution in [0.25, 0.3) is 0 Å². The molecule has 0 aliphatic heterocycles. The monoisotopic (exact) mass is 328 g/mol. The molecule has 1 N–H and O–H groups in total. The van der Waals surface area contributed by atoms with E-state index in [1.54, 1.807) is 6.92 Å². The van der Waals surface area contributed by atoms with Crippen LogP contribution in [0.4, 0.5) is 5.82 Å². The summed E-state index contributed by atoms with van der Waals surface area (Å²) < 4.78 is 5.51. The summed E-state index contributed by atoms with van der Waals surface area (Å²) in [5.41, 5.74) is 0. The Labute approximate surface area is 122 Å². The number of ether oxygens (including phenoxy) is 1. The molecule has 1 amide bonds. The van der Waals surface area contributed by atoms with Crippen LogP contribution in [0.2, 0.25) is 0 Å². The minimum atomic E-state index is -1.22. The molecule has 1 aromatic rings. The van der Waals surface area contributed by atoms with Crippen LogP contribution < -0.4 is 5.32 Å². The van der Waals surface area contributed by atoms with E-state index in [9.17, 15) is 9.59 Å². The Hall–Kier alpha value is -0.500. The van der Waals surface area contributed by atoms with Crippen LogP contribution in [0.3, 0.4) is 0 Å². The molecule has 5 nitrogen and oxygen atoms in total. The molecular weight excluding hydrogens is 319 g/mol. The number of rotatable bonds is 5. The molecule has 0 aliphatic carbocycles. The van der Waals surface area contributed by atoms with Gasteiger partial charge in [-0.3, -0.25) is 4.79 Å². The Bertz CT molecular complexity index is 451. The molecule has 0 unspecified atom stereocenters. The third kappa shape index (κ3) is 4.01. The van der Waals surface area contributed by atoms with Crippen LogP contribution in [-0.2, 0) is 9.53 Å². The smallest absolute Gasteiger partial charge is 0.352 e. The lowest BCUT2D eigenvalue weighted by Gasteiger charge is -2.04. The van der Waals surface area contributed by atoms with Gasteiger partial charge in [0.1, 0.15) is 0 Å². The van der Waals surface area contributed by atoms with Crippen LogP contribution in [-0.4, -0.2) is 34.6 Å². The van der Waals surface area contributed by atoms with Gasteiger partial charge in [0.15, 0.2) is 19.9 Å². The van der Waals surface area contributed by atoms with Crippen molar-refractivity contribution < 1.29 is 14.3 Å². The van der Waals surface area contributed by atoms with Crippen molar-refractivity contribution in [2.75, 3.05) is 18.2 Å². The normalized spacial score (nSPS) is 10.5. The van der Waals surface area contributed by atoms with Gasteiger partial charge in [-0.1, -0.05) is 46.3 Å². The van der Waals surface area contributed by atoms with Gasteiger partial charge in [0.05, 0.1) is 6.61 Å². The number of anilines is 1. The maximum atomic E-state index is 11.7. The predicted molar refractivity (Wildman–Crippen MR) is 74.0 cm³/mol. The van der Waals surface area contributed by atoms with Crippen molar-refractivity contribution in [3.63, 3.8) is 0 Å². The van der Waals surface area contributed by atoms with Crippen LogP contribution in [0.1, 0.15) is 16.6 Å². The van der Waals surface area contributed by atoms with Gasteiger partial charge in [-0.25, -0.2) is 9.78 Å². The van der Waals surface area contributed by atoms with Crippen molar-refractivity contribution in [1.29, 1.82) is 0 Å². The highest BCUT2D eigenvalue weighted by atomic mass is 35.5. The van der Waals surface area contributed by atoms with Crippen molar-refractivity contribution in [3.8, 4) is 0 Å². The second-order valence-electron chi connectivity index (χ2n) is 2.87. The average Bonchev–Trinajstić information content (AvgIpc) is 2.72. The Morgan fingerprint density at radius 2 is 2.22 bits per heavy atom. The van der Waals surface area contributed by atoms with Gasteiger partial charge in [0.25, 0.3) is 5.91 Å². The van der Waals surface area contributed by atoms with Crippen molar-refractivity contribution in [3.05, 3.63) is 4.88 Å². The summed E-state index contributed by atoms with van der Waals surface area (Å²) in [5.74, 6) is -1.05. The summed E-state index contributed by atoms with van der Waals surface area (Å²) in [4.78, 5) is 26.1. The number of nitrogens with one attached hydrogen (secondary N) is 1. The molecule has 1 rings (SSSR count). The summed E-state index contributed by atoms with van der Waals surface area (Å²) in [6.45, 7) is 1.94. The third-order valence-corrected chi connectivity index (χ3v) is 4.10. The molecule has 18 heavy (non-hydrogen) atoms. The summed E-state index contributed by atoms with van der Waals surface area (Å²) in [6.07, 6.45) is 1.81. The number of carbonyl (C=O) groups excluding carboxylic acids is 2. The van der Waals surface area contributed by atoms with E-state index >= 15 is 0 Å². The quantitative estimate of drug-likeness (QED) is 0.511. The SMILES string of the molecule is CCOC(=O)c1sc(SC)nc1NC(=O)C(Cl)Cl. The van der Waals surface area contributed by atoms with Gasteiger partial charge in [-0.15, -0.1) is 0 Å². The van der Waals surface area contributed by atoms with E-state index in [1.807, 2.05) is 6.26 Å². The first-order chi connectivity index (χ1) is 8.49. The number of hydrogen-bond acceptors (Lipinski definition) is 6. The summed E-state index contributed by atoms with van der Waals surface area (Å²) in [5, 5.41) is 2.39. The number of amides is 1. The molecule has 0 aliphatic rings. The van der Waals surface area contributed by atoms with Crippen molar-refractivity contribution in [2.24, 2.45) is 0 Å². The molecule has 0 fully saturated rings. The highest BCUT2D eigenvalue weighted by Gasteiger charge is 2.22. The molecule has 9 heteroatoms. The number of aromatic nitrogens is 1. The number of carbonyl (C=O) groups is 2. The standard InChI is InChI=1S/C9H10Cl2N2O3S2/c1-3-16-8(15)4-6(12-7(14)5(10)11)13-9(17-2)18-4/h5H,3H2,1-2H3,(H,12,14). The second-order valence-corrected chi connectivity index (χ2v) is 6.02. The number of hydrogen-bond donors (Lipinski definition) is 1. The van der Waals surface area contributed by atoms with Crippen LogP contribution in [0.5, 0.6) is 0 Å². The Morgan fingerprint density at radius 3 is 2.72 bits per heavy atom. The Morgan fingerprint density at radius 1 is 1.56 bits per heavy atom. The van der Waals surface area contributed by atoms with Crippen LogP contribution in [0, 0.1) is 0 Å². The molecule has 0 saturated heterocycles. The lowest BCUT2D eigenvalue weighted by molar-refractivity contribution is -0.114. The number of alkyl halides is 2. The number of nitrogens with zero attached hydrogens (tertiary/aromatic N) is 1. The molecular formula is C9H10Cl2N2O3S2. The van der Waals surface area contributed by atoms with E-state index in [1.165, 1.54) is 11.8 Å². The number of halogens is 2. The van der Waals surface area contributed by atoms with Crippen LogP contribution >= 0.6 is 46.3 Å². The number of thiazole rings is 1. The molecule has 100 valence electrons. The number of thioether (sulfide) groups is 1. The van der Waals surface area contributed by atoms with E-state index in [4.69, 9.17) is 27.9 Å². The zero-order chi connectivity index (χ0) is 13.7. The van der Waals surface area contributed by atoms with Gasteiger partial charge < -0.3 is 10.1 Å². The summed E-state index contributed by atoms with van der Waals surface area (Å²) >= 11 is 13.3. The molecule has 1 heterocycles. The van der Waals surface area contributed by atoms with E-state index in [0.717, 1.165) is 11.3 Å². The lowest BCUT2D eigenvalue weighted by atomic mass is 10.5. The van der Waals surface area contributed by atoms with Gasteiger partial charge in [0.2, 0.25) is 0 Å². The molecule has 1 aromatic heterocycles. The first-order valence-corrected chi connectivity index (χ1v) is 7.72.